The second-order valence-electron chi connectivity index (χ2n) is 7.07. The summed E-state index contributed by atoms with van der Waals surface area (Å²) in [5, 5.41) is 0. The molecular weight excluding hydrogens is 344 g/mol. The van der Waals surface area contributed by atoms with Crippen molar-refractivity contribution in [3.05, 3.63) is 71.8 Å². The van der Waals surface area contributed by atoms with E-state index in [0.29, 0.717) is 13.2 Å². The number of hydrogen-bond donors (Lipinski definition) is 0. The van der Waals surface area contributed by atoms with Crippen molar-refractivity contribution in [1.29, 1.82) is 0 Å². The first-order chi connectivity index (χ1) is 11.9. The summed E-state index contributed by atoms with van der Waals surface area (Å²) in [5.74, 6) is 0. The van der Waals surface area contributed by atoms with Gasteiger partial charge in [0.15, 0.2) is 0 Å². The monoisotopic (exact) mass is 374 g/mol. The normalized spacial score (nSPS) is 12.3. The summed E-state index contributed by atoms with van der Waals surface area (Å²) >= 11 is 0. The second kappa shape index (κ2) is 9.45. The fourth-order valence-electron chi connectivity index (χ4n) is 2.77. The van der Waals surface area contributed by atoms with Crippen LogP contribution in [0.4, 0.5) is 0 Å². The van der Waals surface area contributed by atoms with Crippen molar-refractivity contribution >= 4 is 17.1 Å². The smallest absolute Gasteiger partial charge is 0.322 e. The highest BCUT2D eigenvalue weighted by molar-refractivity contribution is 6.78. The number of rotatable bonds is 10. The van der Waals surface area contributed by atoms with Crippen molar-refractivity contribution < 1.29 is 13.0 Å². The molecule has 0 fully saturated rings. The molecule has 0 aliphatic heterocycles. The first-order valence-electron chi connectivity index (χ1n) is 8.92. The van der Waals surface area contributed by atoms with Gasteiger partial charge in [-0.2, -0.15) is 0 Å². The van der Waals surface area contributed by atoms with Crippen LogP contribution in [0, 0.1) is 0 Å². The Balaban J connectivity index is 1.73. The Morgan fingerprint density at radius 3 is 1.32 bits per heavy atom. The number of hydrogen-bond acceptors (Lipinski definition) is 3. The van der Waals surface area contributed by atoms with Crippen molar-refractivity contribution in [2.24, 2.45) is 0 Å². The van der Waals surface area contributed by atoms with Gasteiger partial charge < -0.3 is 13.0 Å². The van der Waals surface area contributed by atoms with E-state index in [9.17, 15) is 0 Å². The van der Waals surface area contributed by atoms with Gasteiger partial charge in [0.1, 0.15) is 0 Å². The molecule has 5 heteroatoms. The Bertz CT molecular complexity index is 560. The molecule has 136 valence electrons. The van der Waals surface area contributed by atoms with Crippen LogP contribution in [-0.2, 0) is 25.8 Å². The molecule has 0 spiro atoms. The lowest BCUT2D eigenvalue weighted by atomic mass is 10.2. The van der Waals surface area contributed by atoms with Crippen LogP contribution in [0.5, 0.6) is 0 Å². The molecule has 0 amide bonds. The van der Waals surface area contributed by atoms with Crippen LogP contribution in [0.25, 0.3) is 0 Å². The van der Waals surface area contributed by atoms with Crippen LogP contribution in [0.3, 0.4) is 0 Å². The summed E-state index contributed by atoms with van der Waals surface area (Å²) in [6.07, 6.45) is 1.83. The molecule has 0 bridgehead atoms. The average Bonchev–Trinajstić information content (AvgIpc) is 2.55. The zero-order chi connectivity index (χ0) is 18.2. The molecule has 0 aliphatic carbocycles. The topological polar surface area (TPSA) is 27.7 Å². The van der Waals surface area contributed by atoms with Crippen LogP contribution >= 0.6 is 0 Å². The van der Waals surface area contributed by atoms with Crippen LogP contribution in [0.15, 0.2) is 60.7 Å². The van der Waals surface area contributed by atoms with Crippen molar-refractivity contribution in [2.75, 3.05) is 13.2 Å². The first kappa shape index (κ1) is 20.1. The van der Waals surface area contributed by atoms with Crippen LogP contribution in [0.1, 0.15) is 11.1 Å². The highest BCUT2D eigenvalue weighted by Gasteiger charge is 2.36. The van der Waals surface area contributed by atoms with Crippen molar-refractivity contribution in [3.8, 4) is 0 Å². The molecule has 0 saturated carbocycles. The third-order valence-electron chi connectivity index (χ3n) is 3.86. The fraction of sp³-hybridized carbons (Fsp3) is 0.400. The van der Waals surface area contributed by atoms with Crippen LogP contribution in [-0.4, -0.2) is 30.3 Å². The van der Waals surface area contributed by atoms with Gasteiger partial charge in [-0.05, 0) is 50.2 Å². The van der Waals surface area contributed by atoms with E-state index in [4.69, 9.17) is 13.0 Å². The number of benzene rings is 2. The average molecular weight is 375 g/mol. The Hall–Kier alpha value is -1.25. The summed E-state index contributed by atoms with van der Waals surface area (Å²) < 4.78 is 18.5. The molecule has 0 aliphatic rings. The van der Waals surface area contributed by atoms with E-state index in [1.165, 1.54) is 11.1 Å². The second-order valence-corrected chi connectivity index (χ2v) is 14.1. The fourth-order valence-corrected chi connectivity index (χ4v) is 9.16. The molecule has 0 aromatic heterocycles. The maximum Gasteiger partial charge on any atom is 0.322 e. The van der Waals surface area contributed by atoms with Gasteiger partial charge in [0.25, 0.3) is 0 Å². The summed E-state index contributed by atoms with van der Waals surface area (Å²) in [7, 11) is -4.37. The first-order valence-corrected chi connectivity index (χ1v) is 14.6. The third kappa shape index (κ3) is 8.11. The van der Waals surface area contributed by atoms with Crippen molar-refractivity contribution in [2.45, 2.75) is 39.0 Å². The summed E-state index contributed by atoms with van der Waals surface area (Å²) in [5.41, 5.74) is 2.59. The maximum atomic E-state index is 6.33. The molecule has 2 aromatic rings. The molecule has 0 heterocycles. The predicted octanol–water partition coefficient (Wildman–Crippen LogP) is 4.93. The zero-order valence-corrected chi connectivity index (χ0v) is 17.8. The lowest BCUT2D eigenvalue weighted by molar-refractivity contribution is 0.198. The van der Waals surface area contributed by atoms with Gasteiger partial charge in [-0.15, -0.1) is 0 Å². The zero-order valence-electron chi connectivity index (χ0n) is 15.8. The minimum Gasteiger partial charge on any atom is -0.415 e. The SMILES string of the molecule is C[Si](C)(OCCc1ccccc1)O[Si](C)(C)OCCc1ccccc1. The van der Waals surface area contributed by atoms with E-state index in [1.807, 2.05) is 12.1 Å². The lowest BCUT2D eigenvalue weighted by Gasteiger charge is -2.32. The van der Waals surface area contributed by atoms with Gasteiger partial charge in [0, 0.05) is 13.2 Å². The molecule has 3 nitrogen and oxygen atoms in total. The Morgan fingerprint density at radius 1 is 0.600 bits per heavy atom. The molecule has 0 N–H and O–H groups in total. The van der Waals surface area contributed by atoms with E-state index < -0.39 is 17.1 Å². The van der Waals surface area contributed by atoms with Crippen LogP contribution in [0.2, 0.25) is 26.2 Å². The molecule has 0 unspecified atom stereocenters. The van der Waals surface area contributed by atoms with Gasteiger partial charge in [0.05, 0.1) is 0 Å². The molecule has 2 rings (SSSR count). The predicted molar refractivity (Wildman–Crippen MR) is 108 cm³/mol. The third-order valence-corrected chi connectivity index (χ3v) is 9.59. The maximum absolute atomic E-state index is 6.33. The summed E-state index contributed by atoms with van der Waals surface area (Å²) in [6.45, 7) is 9.80. The van der Waals surface area contributed by atoms with Gasteiger partial charge in [-0.25, -0.2) is 0 Å². The highest BCUT2D eigenvalue weighted by Crippen LogP contribution is 2.18. The Morgan fingerprint density at radius 2 is 0.960 bits per heavy atom. The van der Waals surface area contributed by atoms with E-state index in [2.05, 4.69) is 74.7 Å². The molecule has 2 aromatic carbocycles. The van der Waals surface area contributed by atoms with Crippen molar-refractivity contribution in [1.82, 2.24) is 0 Å². The van der Waals surface area contributed by atoms with Gasteiger partial charge in [-0.3, -0.25) is 0 Å². The van der Waals surface area contributed by atoms with E-state index in [1.54, 1.807) is 0 Å². The van der Waals surface area contributed by atoms with E-state index >= 15 is 0 Å². The molecule has 0 saturated heterocycles. The molecule has 0 atom stereocenters. The largest absolute Gasteiger partial charge is 0.415 e. The standard InChI is InChI=1S/C20H30O3Si2/c1-24(2,21-17-15-19-11-7-5-8-12-19)23-25(3,4)22-18-16-20-13-9-6-10-14-20/h5-14H,15-18H2,1-4H3. The lowest BCUT2D eigenvalue weighted by Crippen LogP contribution is -2.49. The summed E-state index contributed by atoms with van der Waals surface area (Å²) in [4.78, 5) is 0. The minimum atomic E-state index is -2.19. The van der Waals surface area contributed by atoms with Gasteiger partial charge >= 0.3 is 17.1 Å². The summed E-state index contributed by atoms with van der Waals surface area (Å²) in [6, 6.07) is 20.8. The van der Waals surface area contributed by atoms with Crippen molar-refractivity contribution in [3.63, 3.8) is 0 Å². The van der Waals surface area contributed by atoms with Gasteiger partial charge in [-0.1, -0.05) is 60.7 Å². The minimum absolute atomic E-state index is 0.692. The molecule has 25 heavy (non-hydrogen) atoms. The van der Waals surface area contributed by atoms with Crippen LogP contribution < -0.4 is 0 Å². The van der Waals surface area contributed by atoms with E-state index in [0.717, 1.165) is 12.8 Å². The quantitative estimate of drug-likeness (QED) is 0.552. The van der Waals surface area contributed by atoms with Gasteiger partial charge in [0.2, 0.25) is 0 Å². The Labute approximate surface area is 154 Å². The molecule has 0 radical (unpaired) electrons. The molecular formula is C20H30O3Si2. The van der Waals surface area contributed by atoms with E-state index in [-0.39, 0.29) is 0 Å². The highest BCUT2D eigenvalue weighted by atomic mass is 28.5. The Kier molecular flexibility index (Phi) is 7.59.